The Bertz CT molecular complexity index is 1650. The van der Waals surface area contributed by atoms with Gasteiger partial charge >= 0.3 is 5.97 Å². The molecule has 46 heavy (non-hydrogen) atoms. The van der Waals surface area contributed by atoms with E-state index in [1.54, 1.807) is 26.0 Å². The maximum Gasteiger partial charge on any atom is 0.343 e. The van der Waals surface area contributed by atoms with Crippen molar-refractivity contribution in [2.45, 2.75) is 63.6 Å². The number of aryl methyl sites for hydroxylation is 1. The molecule has 248 valence electrons. The highest BCUT2D eigenvalue weighted by atomic mass is 79.9. The van der Waals surface area contributed by atoms with Crippen LogP contribution in [0.5, 0.6) is 5.75 Å². The average molecular weight is 717 g/mol. The van der Waals surface area contributed by atoms with E-state index >= 15 is 0 Å². The van der Waals surface area contributed by atoms with Crippen molar-refractivity contribution in [1.82, 2.24) is 19.6 Å². The van der Waals surface area contributed by atoms with Crippen LogP contribution in [-0.2, 0) is 43.7 Å². The van der Waals surface area contributed by atoms with Gasteiger partial charge in [-0.3, -0.25) is 9.48 Å². The molecule has 5 rings (SSSR count). The second kappa shape index (κ2) is 15.0. The van der Waals surface area contributed by atoms with E-state index in [0.29, 0.717) is 24.5 Å². The normalized spacial score (nSPS) is 15.8. The summed E-state index contributed by atoms with van der Waals surface area (Å²) in [5, 5.41) is 8.53. The number of methoxy groups -OCH3 is 1. The van der Waals surface area contributed by atoms with Crippen LogP contribution in [-0.4, -0.2) is 91.6 Å². The number of aromatic nitrogens is 2. The zero-order chi connectivity index (χ0) is 32.8. The van der Waals surface area contributed by atoms with Crippen LogP contribution in [0.15, 0.2) is 51.8 Å². The fourth-order valence-electron chi connectivity index (χ4n) is 6.05. The molecule has 2 aromatic carbocycles. The molecular formula is C33H42BrN5O6S. The van der Waals surface area contributed by atoms with Crippen molar-refractivity contribution < 1.29 is 27.5 Å². The van der Waals surface area contributed by atoms with Crippen LogP contribution in [0.1, 0.15) is 44.4 Å². The van der Waals surface area contributed by atoms with Gasteiger partial charge in [0.2, 0.25) is 5.91 Å². The summed E-state index contributed by atoms with van der Waals surface area (Å²) in [7, 11) is -2.11. The number of ether oxygens (including phenoxy) is 2. The lowest BCUT2D eigenvalue weighted by Crippen LogP contribution is -2.40. The number of carbonyl (C=O) groups is 2. The van der Waals surface area contributed by atoms with Gasteiger partial charge < -0.3 is 24.6 Å². The van der Waals surface area contributed by atoms with Crippen LogP contribution >= 0.6 is 15.9 Å². The molecule has 3 heterocycles. The number of nitrogens with one attached hydrogen (secondary N) is 1. The van der Waals surface area contributed by atoms with Gasteiger partial charge in [0.05, 0.1) is 29.1 Å². The average Bonchev–Trinajstić information content (AvgIpc) is 3.42. The number of benzene rings is 2. The van der Waals surface area contributed by atoms with Gasteiger partial charge in [-0.2, -0.15) is 5.10 Å². The van der Waals surface area contributed by atoms with Crippen LogP contribution < -0.4 is 10.1 Å². The summed E-state index contributed by atoms with van der Waals surface area (Å²) in [4.78, 5) is 28.4. The van der Waals surface area contributed by atoms with Crippen LogP contribution in [0.3, 0.4) is 0 Å². The van der Waals surface area contributed by atoms with Crippen molar-refractivity contribution in [2.75, 3.05) is 51.0 Å². The Hall–Kier alpha value is -3.42. The molecule has 13 heteroatoms. The fourth-order valence-corrected chi connectivity index (χ4v) is 7.22. The molecule has 1 N–H and O–H groups in total. The highest BCUT2D eigenvalue weighted by Gasteiger charge is 2.27. The predicted molar refractivity (Wildman–Crippen MR) is 180 cm³/mol. The van der Waals surface area contributed by atoms with Crippen molar-refractivity contribution in [3.8, 4) is 17.0 Å². The molecule has 0 unspecified atom stereocenters. The minimum Gasteiger partial charge on any atom is -0.480 e. The van der Waals surface area contributed by atoms with Gasteiger partial charge in [0.25, 0.3) is 0 Å². The molecule has 0 saturated carbocycles. The first-order chi connectivity index (χ1) is 22.1. The van der Waals surface area contributed by atoms with Gasteiger partial charge in [-0.25, -0.2) is 13.2 Å². The standard InChI is InChI=1S/C33H42BrN5O6S/c1-4-46(42,43)27-10-11-31(45-22-32(41)44-3)29(20-27)35-26-12-17-37(18-13-26)15-5-16-39-30-14-19-38(23(2)40)21-28(30)33(36-39)24-6-8-25(34)9-7-24/h6-11,20,26,35H,4-5,12-19,21-22H2,1-3H3. The second-order valence-corrected chi connectivity index (χ2v) is 14.9. The second-order valence-electron chi connectivity index (χ2n) is 11.7. The Morgan fingerprint density at radius 3 is 2.48 bits per heavy atom. The molecule has 0 spiro atoms. The molecule has 1 amide bonds. The molecule has 1 fully saturated rings. The predicted octanol–water partition coefficient (Wildman–Crippen LogP) is 4.53. The third-order valence-corrected chi connectivity index (χ3v) is 11.0. The summed E-state index contributed by atoms with van der Waals surface area (Å²) in [6.07, 6.45) is 3.51. The van der Waals surface area contributed by atoms with E-state index in [1.807, 2.05) is 17.0 Å². The molecule has 0 aliphatic carbocycles. The number of rotatable bonds is 12. The topological polar surface area (TPSA) is 123 Å². The van der Waals surface area contributed by atoms with E-state index in [-0.39, 0.29) is 29.2 Å². The Labute approximate surface area is 279 Å². The van der Waals surface area contributed by atoms with E-state index in [0.717, 1.165) is 73.2 Å². The van der Waals surface area contributed by atoms with Crippen molar-refractivity contribution in [3.63, 3.8) is 0 Å². The Morgan fingerprint density at radius 1 is 1.07 bits per heavy atom. The minimum atomic E-state index is -3.41. The SMILES string of the molecule is CCS(=O)(=O)c1ccc(OCC(=O)OC)c(NC2CCN(CCCn3nc(-c4ccc(Br)cc4)c4c3CCN(C(C)=O)C4)CC2)c1. The fraction of sp³-hybridized carbons (Fsp3) is 0.485. The lowest BCUT2D eigenvalue weighted by Gasteiger charge is -2.33. The van der Waals surface area contributed by atoms with E-state index in [9.17, 15) is 18.0 Å². The number of piperidine rings is 1. The van der Waals surface area contributed by atoms with E-state index in [4.69, 9.17) is 9.84 Å². The number of likely N-dealkylation sites (tertiary alicyclic amines) is 1. The number of fused-ring (bicyclic) bond motifs is 1. The molecule has 3 aromatic rings. The summed E-state index contributed by atoms with van der Waals surface area (Å²) >= 11 is 3.52. The number of sulfone groups is 1. The van der Waals surface area contributed by atoms with Gasteiger partial charge in [-0.15, -0.1) is 0 Å². The first-order valence-corrected chi connectivity index (χ1v) is 18.2. The number of carbonyl (C=O) groups excluding carboxylic acids is 2. The molecule has 1 aromatic heterocycles. The summed E-state index contributed by atoms with van der Waals surface area (Å²) in [6, 6.07) is 13.0. The van der Waals surface area contributed by atoms with Crippen LogP contribution in [0.2, 0.25) is 0 Å². The van der Waals surface area contributed by atoms with Gasteiger partial charge in [0, 0.05) is 73.4 Å². The summed E-state index contributed by atoms with van der Waals surface area (Å²) in [5.74, 6) is -0.0134. The van der Waals surface area contributed by atoms with Crippen molar-refractivity contribution in [1.29, 1.82) is 0 Å². The maximum absolute atomic E-state index is 12.5. The van der Waals surface area contributed by atoms with E-state index in [1.165, 1.54) is 18.9 Å². The molecule has 11 nitrogen and oxygen atoms in total. The Kier molecular flexibility index (Phi) is 11.1. The number of nitrogens with zero attached hydrogens (tertiary/aromatic N) is 4. The minimum absolute atomic E-state index is 0.00304. The van der Waals surface area contributed by atoms with Gasteiger partial charge in [0.15, 0.2) is 16.4 Å². The van der Waals surface area contributed by atoms with Gasteiger partial charge in [-0.05, 0) is 56.1 Å². The molecule has 0 bridgehead atoms. The first-order valence-electron chi connectivity index (χ1n) is 15.7. The highest BCUT2D eigenvalue weighted by Crippen LogP contribution is 2.32. The number of esters is 1. The molecule has 2 aliphatic heterocycles. The molecule has 1 saturated heterocycles. The Morgan fingerprint density at radius 2 is 1.80 bits per heavy atom. The third-order valence-electron chi connectivity index (χ3n) is 8.75. The summed E-state index contributed by atoms with van der Waals surface area (Å²) < 4.78 is 38.6. The smallest absolute Gasteiger partial charge is 0.343 e. The first kappa shape index (κ1) is 33.9. The number of hydrogen-bond donors (Lipinski definition) is 1. The molecule has 0 radical (unpaired) electrons. The van der Waals surface area contributed by atoms with Crippen molar-refractivity contribution >= 4 is 43.3 Å². The van der Waals surface area contributed by atoms with Crippen LogP contribution in [0.25, 0.3) is 11.3 Å². The molecular weight excluding hydrogens is 674 g/mol. The zero-order valence-corrected chi connectivity index (χ0v) is 29.0. The van der Waals surface area contributed by atoms with E-state index < -0.39 is 15.8 Å². The quantitative estimate of drug-likeness (QED) is 0.270. The summed E-state index contributed by atoms with van der Waals surface area (Å²) in [5.41, 5.74) is 4.92. The largest absolute Gasteiger partial charge is 0.480 e. The van der Waals surface area contributed by atoms with E-state index in [2.05, 4.69) is 47.7 Å². The molecule has 0 atom stereocenters. The molecule has 2 aliphatic rings. The zero-order valence-electron chi connectivity index (χ0n) is 26.6. The number of halogens is 1. The van der Waals surface area contributed by atoms with Crippen molar-refractivity contribution in [2.24, 2.45) is 0 Å². The number of anilines is 1. The maximum atomic E-state index is 12.5. The number of hydrogen-bond acceptors (Lipinski definition) is 9. The third kappa shape index (κ3) is 8.10. The highest BCUT2D eigenvalue weighted by molar-refractivity contribution is 9.10. The van der Waals surface area contributed by atoms with Crippen LogP contribution in [0, 0.1) is 0 Å². The monoisotopic (exact) mass is 715 g/mol. The van der Waals surface area contributed by atoms with Crippen LogP contribution in [0.4, 0.5) is 5.69 Å². The lowest BCUT2D eigenvalue weighted by atomic mass is 10.0. The lowest BCUT2D eigenvalue weighted by molar-refractivity contribution is -0.142. The van der Waals surface area contributed by atoms with Gasteiger partial charge in [0.1, 0.15) is 5.75 Å². The van der Waals surface area contributed by atoms with Crippen molar-refractivity contribution in [3.05, 3.63) is 58.2 Å². The summed E-state index contributed by atoms with van der Waals surface area (Å²) in [6.45, 7) is 7.81. The number of amides is 1. The Balaban J connectivity index is 1.20. The van der Waals surface area contributed by atoms with Gasteiger partial charge in [-0.1, -0.05) is 35.0 Å².